The Morgan fingerprint density at radius 1 is 1.23 bits per heavy atom. The van der Waals surface area contributed by atoms with E-state index in [9.17, 15) is 14.7 Å². The quantitative estimate of drug-likeness (QED) is 0.646. The Balaban J connectivity index is 2.87. The summed E-state index contributed by atoms with van der Waals surface area (Å²) in [5.74, 6) is -0.122. The Labute approximate surface area is 132 Å². The number of aromatic nitrogens is 1. The first-order valence-corrected chi connectivity index (χ1v) is 8.05. The van der Waals surface area contributed by atoms with Crippen molar-refractivity contribution in [3.63, 3.8) is 0 Å². The predicted octanol–water partition coefficient (Wildman–Crippen LogP) is 2.62. The zero-order valence-corrected chi connectivity index (χ0v) is 14.2. The molecule has 1 aromatic rings. The number of ketones is 1. The molecule has 0 spiro atoms. The van der Waals surface area contributed by atoms with Gasteiger partial charge in [-0.25, -0.2) is 0 Å². The van der Waals surface area contributed by atoms with E-state index in [-0.39, 0.29) is 24.2 Å². The number of amides is 1. The Kier molecular flexibility index (Phi) is 6.81. The minimum absolute atomic E-state index is 0.0401. The number of hydrogen-bond donors (Lipinski definition) is 3. The molecule has 1 atom stereocenters. The van der Waals surface area contributed by atoms with E-state index in [1.54, 1.807) is 6.92 Å². The van der Waals surface area contributed by atoms with Gasteiger partial charge in [0.2, 0.25) is 0 Å². The van der Waals surface area contributed by atoms with Crippen molar-refractivity contribution in [1.29, 1.82) is 0 Å². The number of carbonyl (C=O) groups is 2. The van der Waals surface area contributed by atoms with E-state index in [1.807, 2.05) is 20.8 Å². The molecule has 3 N–H and O–H groups in total. The molecule has 1 heterocycles. The number of rotatable bonds is 8. The van der Waals surface area contributed by atoms with Crippen LogP contribution in [-0.4, -0.2) is 34.4 Å². The SMILES string of the molecule is CCc1c(C(=O)NCC(O)C(CC)CC)[nH]c(C)c1C(C)=O. The van der Waals surface area contributed by atoms with Crippen molar-refractivity contribution in [1.82, 2.24) is 10.3 Å². The molecule has 0 fully saturated rings. The second kappa shape index (κ2) is 8.13. The maximum absolute atomic E-state index is 12.4. The molecule has 0 bridgehead atoms. The van der Waals surface area contributed by atoms with Crippen LogP contribution in [0.25, 0.3) is 0 Å². The van der Waals surface area contributed by atoms with Crippen LogP contribution < -0.4 is 5.32 Å². The summed E-state index contributed by atoms with van der Waals surface area (Å²) in [6, 6.07) is 0. The molecule has 0 aliphatic heterocycles. The molecule has 22 heavy (non-hydrogen) atoms. The number of aliphatic hydroxyl groups is 1. The van der Waals surface area contributed by atoms with Crippen LogP contribution in [0.3, 0.4) is 0 Å². The van der Waals surface area contributed by atoms with Gasteiger partial charge in [-0.3, -0.25) is 9.59 Å². The number of aromatic amines is 1. The van der Waals surface area contributed by atoms with Gasteiger partial charge in [-0.1, -0.05) is 33.6 Å². The molecule has 1 aromatic heterocycles. The van der Waals surface area contributed by atoms with Crippen LogP contribution in [0, 0.1) is 12.8 Å². The number of carbonyl (C=O) groups excluding carboxylic acids is 2. The van der Waals surface area contributed by atoms with E-state index < -0.39 is 6.10 Å². The molecule has 0 saturated carbocycles. The maximum atomic E-state index is 12.4. The summed E-state index contributed by atoms with van der Waals surface area (Å²) < 4.78 is 0. The van der Waals surface area contributed by atoms with Crippen molar-refractivity contribution in [3.8, 4) is 0 Å². The van der Waals surface area contributed by atoms with Crippen LogP contribution in [0.15, 0.2) is 0 Å². The average Bonchev–Trinajstić information content (AvgIpc) is 2.82. The fraction of sp³-hybridized carbons (Fsp3) is 0.647. The third-order valence-corrected chi connectivity index (χ3v) is 4.29. The van der Waals surface area contributed by atoms with E-state index in [1.165, 1.54) is 6.92 Å². The molecule has 0 radical (unpaired) electrons. The lowest BCUT2D eigenvalue weighted by Crippen LogP contribution is -2.36. The standard InChI is InChI=1S/C17H28N2O3/c1-6-12(7-2)14(21)9-18-17(22)16-13(8-3)15(11(5)20)10(4)19-16/h12,14,19,21H,6-9H2,1-5H3,(H,18,22). The molecule has 5 heteroatoms. The van der Waals surface area contributed by atoms with Crippen LogP contribution in [0.4, 0.5) is 0 Å². The molecule has 1 amide bonds. The average molecular weight is 308 g/mol. The van der Waals surface area contributed by atoms with E-state index in [4.69, 9.17) is 0 Å². The minimum Gasteiger partial charge on any atom is -0.391 e. The van der Waals surface area contributed by atoms with Crippen LogP contribution >= 0.6 is 0 Å². The Hall–Kier alpha value is -1.62. The summed E-state index contributed by atoms with van der Waals surface area (Å²) in [5, 5.41) is 12.9. The Morgan fingerprint density at radius 3 is 2.27 bits per heavy atom. The highest BCUT2D eigenvalue weighted by Crippen LogP contribution is 2.20. The summed E-state index contributed by atoms with van der Waals surface area (Å²) in [5.41, 5.74) is 2.50. The van der Waals surface area contributed by atoms with Crippen molar-refractivity contribution in [2.75, 3.05) is 6.54 Å². The van der Waals surface area contributed by atoms with Crippen LogP contribution in [0.2, 0.25) is 0 Å². The topological polar surface area (TPSA) is 82.2 Å². The van der Waals surface area contributed by atoms with E-state index in [0.29, 0.717) is 17.7 Å². The van der Waals surface area contributed by atoms with Gasteiger partial charge in [-0.2, -0.15) is 0 Å². The summed E-state index contributed by atoms with van der Waals surface area (Å²) in [6.45, 7) is 9.51. The maximum Gasteiger partial charge on any atom is 0.268 e. The smallest absolute Gasteiger partial charge is 0.268 e. The fourth-order valence-electron chi connectivity index (χ4n) is 2.99. The van der Waals surface area contributed by atoms with E-state index in [2.05, 4.69) is 10.3 Å². The lowest BCUT2D eigenvalue weighted by Gasteiger charge is -2.20. The van der Waals surface area contributed by atoms with E-state index in [0.717, 1.165) is 24.1 Å². The zero-order chi connectivity index (χ0) is 16.9. The molecule has 0 saturated heterocycles. The number of nitrogens with one attached hydrogen (secondary N) is 2. The molecular formula is C17H28N2O3. The van der Waals surface area contributed by atoms with Gasteiger partial charge in [0, 0.05) is 17.8 Å². The van der Waals surface area contributed by atoms with Gasteiger partial charge in [0.1, 0.15) is 5.69 Å². The van der Waals surface area contributed by atoms with Gasteiger partial charge in [0.15, 0.2) is 5.78 Å². The first kappa shape index (κ1) is 18.4. The van der Waals surface area contributed by atoms with Crippen molar-refractivity contribution in [2.45, 2.75) is 60.0 Å². The van der Waals surface area contributed by atoms with Crippen LogP contribution in [0.1, 0.15) is 72.6 Å². The first-order valence-electron chi connectivity index (χ1n) is 8.05. The van der Waals surface area contributed by atoms with Crippen molar-refractivity contribution >= 4 is 11.7 Å². The van der Waals surface area contributed by atoms with Crippen molar-refractivity contribution in [2.24, 2.45) is 5.92 Å². The predicted molar refractivity (Wildman–Crippen MR) is 87.3 cm³/mol. The van der Waals surface area contributed by atoms with Gasteiger partial charge >= 0.3 is 0 Å². The highest BCUT2D eigenvalue weighted by molar-refractivity contribution is 6.02. The number of H-pyrrole nitrogens is 1. The molecule has 1 rings (SSSR count). The summed E-state index contributed by atoms with van der Waals surface area (Å²) in [6.07, 6.45) is 1.82. The summed E-state index contributed by atoms with van der Waals surface area (Å²) in [7, 11) is 0. The monoisotopic (exact) mass is 308 g/mol. The lowest BCUT2D eigenvalue weighted by atomic mass is 9.96. The molecule has 124 valence electrons. The molecule has 0 aliphatic rings. The summed E-state index contributed by atoms with van der Waals surface area (Å²) >= 11 is 0. The largest absolute Gasteiger partial charge is 0.391 e. The normalized spacial score (nSPS) is 12.5. The number of aryl methyl sites for hydroxylation is 1. The second-order valence-corrected chi connectivity index (χ2v) is 5.74. The Bertz CT molecular complexity index is 530. The van der Waals surface area contributed by atoms with Crippen LogP contribution in [0.5, 0.6) is 0 Å². The highest BCUT2D eigenvalue weighted by atomic mass is 16.3. The van der Waals surface area contributed by atoms with Crippen molar-refractivity contribution in [3.05, 3.63) is 22.5 Å². The first-order chi connectivity index (χ1) is 10.4. The lowest BCUT2D eigenvalue weighted by molar-refractivity contribution is 0.0812. The van der Waals surface area contributed by atoms with Gasteiger partial charge in [0.25, 0.3) is 5.91 Å². The minimum atomic E-state index is -0.549. The molecule has 5 nitrogen and oxygen atoms in total. The fourth-order valence-corrected chi connectivity index (χ4v) is 2.99. The number of Topliss-reactive ketones (excluding diaryl/α,β-unsaturated/α-hetero) is 1. The summed E-state index contributed by atoms with van der Waals surface area (Å²) in [4.78, 5) is 27.1. The van der Waals surface area contributed by atoms with E-state index >= 15 is 0 Å². The molecule has 1 unspecified atom stereocenters. The van der Waals surface area contributed by atoms with Gasteiger partial charge in [-0.05, 0) is 31.7 Å². The number of hydrogen-bond acceptors (Lipinski definition) is 3. The molecule has 0 aromatic carbocycles. The highest BCUT2D eigenvalue weighted by Gasteiger charge is 2.23. The second-order valence-electron chi connectivity index (χ2n) is 5.74. The van der Waals surface area contributed by atoms with Gasteiger partial charge in [-0.15, -0.1) is 0 Å². The van der Waals surface area contributed by atoms with Crippen LogP contribution in [-0.2, 0) is 6.42 Å². The number of aliphatic hydroxyl groups excluding tert-OH is 1. The third kappa shape index (κ3) is 3.97. The molecule has 0 aliphatic carbocycles. The Morgan fingerprint density at radius 2 is 1.82 bits per heavy atom. The molecular weight excluding hydrogens is 280 g/mol. The van der Waals surface area contributed by atoms with Crippen molar-refractivity contribution < 1.29 is 14.7 Å². The zero-order valence-electron chi connectivity index (χ0n) is 14.2. The van der Waals surface area contributed by atoms with Gasteiger partial charge < -0.3 is 15.4 Å². The van der Waals surface area contributed by atoms with Gasteiger partial charge in [0.05, 0.1) is 6.10 Å². The third-order valence-electron chi connectivity index (χ3n) is 4.29.